The molecule has 11 heavy (non-hydrogen) atoms. The summed E-state index contributed by atoms with van der Waals surface area (Å²) in [5, 5.41) is 7.60. The van der Waals surface area contributed by atoms with Gasteiger partial charge in [-0.1, -0.05) is 6.58 Å². The van der Waals surface area contributed by atoms with Gasteiger partial charge in [-0.2, -0.15) is 0 Å². The summed E-state index contributed by atoms with van der Waals surface area (Å²) >= 11 is 0. The van der Waals surface area contributed by atoms with E-state index in [9.17, 15) is 4.79 Å². The summed E-state index contributed by atoms with van der Waals surface area (Å²) in [5.41, 5.74) is 0. The number of rotatable bonds is 1. The van der Waals surface area contributed by atoms with Crippen LogP contribution in [-0.2, 0) is 4.79 Å². The molecular weight excluding hydrogens is 203 g/mol. The molecule has 0 atom stereocenters. The summed E-state index contributed by atoms with van der Waals surface area (Å²) in [4.78, 5) is 18.6. The number of aliphatic carboxylic acids is 1. The maximum Gasteiger partial charge on any atom is 0.327 e. The first-order valence-corrected chi connectivity index (χ1v) is 5.62. The molecule has 0 saturated carbocycles. The Morgan fingerprint density at radius 1 is 1.27 bits per heavy atom. The Kier molecular flexibility index (Phi) is 8.77. The lowest BCUT2D eigenvalue weighted by Gasteiger charge is -2.12. The lowest BCUT2D eigenvalue weighted by Crippen LogP contribution is -2.07. The second-order valence-electron chi connectivity index (χ2n) is 1.29. The second-order valence-corrected chi connectivity index (χ2v) is 5.04. The summed E-state index contributed by atoms with van der Waals surface area (Å²) in [7, 11) is 2.29. The SMILES string of the molecule is C=CC(=O)O.N1PNPNP1. The van der Waals surface area contributed by atoms with E-state index in [1.54, 1.807) is 0 Å². The van der Waals surface area contributed by atoms with E-state index in [1.807, 2.05) is 0 Å². The van der Waals surface area contributed by atoms with Crippen molar-refractivity contribution in [2.45, 2.75) is 0 Å². The van der Waals surface area contributed by atoms with Gasteiger partial charge < -0.3 is 5.11 Å². The van der Waals surface area contributed by atoms with Crippen LogP contribution in [0.5, 0.6) is 0 Å². The molecule has 0 aromatic heterocycles. The Bertz CT molecular complexity index is 117. The van der Waals surface area contributed by atoms with Crippen LogP contribution in [0.1, 0.15) is 0 Å². The van der Waals surface area contributed by atoms with Crippen molar-refractivity contribution in [1.29, 1.82) is 0 Å². The van der Waals surface area contributed by atoms with Gasteiger partial charge in [-0.05, 0) is 0 Å². The molecule has 1 rings (SSSR count). The number of carboxylic acid groups (broad SMARTS) is 1. The van der Waals surface area contributed by atoms with Crippen molar-refractivity contribution in [3.05, 3.63) is 12.7 Å². The van der Waals surface area contributed by atoms with Crippen LogP contribution in [0.4, 0.5) is 0 Å². The third kappa shape index (κ3) is 10.4. The molecule has 0 aromatic rings. The van der Waals surface area contributed by atoms with Crippen LogP contribution >= 0.6 is 26.6 Å². The summed E-state index contributed by atoms with van der Waals surface area (Å²) in [6.45, 7) is 2.96. The molecule has 1 fully saturated rings. The minimum absolute atomic E-state index is 0.764. The molecule has 8 heteroatoms. The van der Waals surface area contributed by atoms with Crippen molar-refractivity contribution >= 4 is 32.6 Å². The first-order chi connectivity index (χ1) is 5.27. The fraction of sp³-hybridized carbons (Fsp3) is 0. The molecule has 1 aliphatic heterocycles. The van der Waals surface area contributed by atoms with Crippen LogP contribution in [0.2, 0.25) is 0 Å². The first-order valence-electron chi connectivity index (χ1n) is 2.62. The van der Waals surface area contributed by atoms with Gasteiger partial charge in [0.1, 0.15) is 0 Å². The van der Waals surface area contributed by atoms with Crippen molar-refractivity contribution in [1.82, 2.24) is 14.6 Å². The van der Waals surface area contributed by atoms with E-state index in [0.29, 0.717) is 0 Å². The molecular formula is C3H10N3O2P3. The Morgan fingerprint density at radius 3 is 1.64 bits per heavy atom. The monoisotopic (exact) mass is 213 g/mol. The van der Waals surface area contributed by atoms with Gasteiger partial charge in [-0.25, -0.2) is 4.79 Å². The van der Waals surface area contributed by atoms with Gasteiger partial charge in [0.05, 0.1) is 0 Å². The zero-order valence-electron chi connectivity index (χ0n) is 5.64. The van der Waals surface area contributed by atoms with Crippen LogP contribution in [0, 0.1) is 0 Å². The summed E-state index contributed by atoms with van der Waals surface area (Å²) < 4.78 is 0. The number of hydrogen-bond acceptors (Lipinski definition) is 4. The van der Waals surface area contributed by atoms with Crippen LogP contribution in [0.3, 0.4) is 0 Å². The lowest BCUT2D eigenvalue weighted by atomic mass is 10.7. The van der Waals surface area contributed by atoms with Gasteiger partial charge in [0.15, 0.2) is 0 Å². The van der Waals surface area contributed by atoms with E-state index in [1.165, 1.54) is 0 Å². The zero-order valence-corrected chi connectivity index (χ0v) is 8.64. The Labute approximate surface area is 70.5 Å². The molecule has 0 bridgehead atoms. The molecule has 64 valence electrons. The molecule has 0 spiro atoms. The molecule has 0 aromatic carbocycles. The third-order valence-electron chi connectivity index (χ3n) is 0.550. The van der Waals surface area contributed by atoms with Crippen molar-refractivity contribution in [3.63, 3.8) is 0 Å². The number of carboxylic acids is 1. The van der Waals surface area contributed by atoms with Crippen LogP contribution < -0.4 is 14.6 Å². The average Bonchev–Trinajstić information content (AvgIpc) is 2.09. The summed E-state index contributed by atoms with van der Waals surface area (Å²) in [5.74, 6) is -0.981. The van der Waals surface area contributed by atoms with E-state index in [2.05, 4.69) is 21.2 Å². The van der Waals surface area contributed by atoms with Gasteiger partial charge in [0.2, 0.25) is 0 Å². The smallest absolute Gasteiger partial charge is 0.327 e. The largest absolute Gasteiger partial charge is 0.478 e. The highest BCUT2D eigenvalue weighted by Crippen LogP contribution is 2.23. The normalized spacial score (nSPS) is 22.5. The van der Waals surface area contributed by atoms with Gasteiger partial charge in [0, 0.05) is 32.7 Å². The predicted molar refractivity (Wildman–Crippen MR) is 52.2 cm³/mol. The lowest BCUT2D eigenvalue weighted by molar-refractivity contribution is -0.131. The summed E-state index contributed by atoms with van der Waals surface area (Å²) in [6.07, 6.45) is 0.833. The van der Waals surface area contributed by atoms with Crippen molar-refractivity contribution in [3.8, 4) is 0 Å². The molecule has 0 aliphatic carbocycles. The minimum Gasteiger partial charge on any atom is -0.478 e. The van der Waals surface area contributed by atoms with Crippen molar-refractivity contribution in [2.24, 2.45) is 0 Å². The predicted octanol–water partition coefficient (Wildman–Crippen LogP) is 0.551. The van der Waals surface area contributed by atoms with E-state index < -0.39 is 5.97 Å². The Balaban J connectivity index is 0.000000187. The molecule has 5 nitrogen and oxygen atoms in total. The van der Waals surface area contributed by atoms with Crippen LogP contribution in [0.25, 0.3) is 0 Å². The maximum atomic E-state index is 9.25. The quantitative estimate of drug-likeness (QED) is 0.378. The number of nitrogens with one attached hydrogen (secondary N) is 3. The van der Waals surface area contributed by atoms with E-state index in [0.717, 1.165) is 32.7 Å². The van der Waals surface area contributed by atoms with Crippen LogP contribution in [0.15, 0.2) is 12.7 Å². The highest BCUT2D eigenvalue weighted by molar-refractivity contribution is 7.65. The number of carbonyl (C=O) groups is 1. The minimum atomic E-state index is -0.981. The molecule has 0 unspecified atom stereocenters. The second kappa shape index (κ2) is 8.48. The highest BCUT2D eigenvalue weighted by atomic mass is 31.2. The van der Waals surface area contributed by atoms with Crippen molar-refractivity contribution < 1.29 is 9.90 Å². The average molecular weight is 213 g/mol. The van der Waals surface area contributed by atoms with Gasteiger partial charge in [-0.3, -0.25) is 14.6 Å². The molecule has 0 radical (unpaired) electrons. The van der Waals surface area contributed by atoms with Crippen molar-refractivity contribution in [2.75, 3.05) is 0 Å². The molecule has 1 heterocycles. The van der Waals surface area contributed by atoms with Gasteiger partial charge in [-0.15, -0.1) is 0 Å². The van der Waals surface area contributed by atoms with E-state index in [-0.39, 0.29) is 0 Å². The fourth-order valence-corrected chi connectivity index (χ4v) is 3.38. The Morgan fingerprint density at radius 2 is 1.55 bits per heavy atom. The van der Waals surface area contributed by atoms with E-state index in [4.69, 9.17) is 5.11 Å². The summed E-state index contributed by atoms with van der Waals surface area (Å²) in [6, 6.07) is 0. The third-order valence-corrected chi connectivity index (χ3v) is 3.55. The fourth-order valence-electron chi connectivity index (χ4n) is 0.188. The standard InChI is InChI=1S/C3H4O2.H6N3P3/c1-2-3(4)5;1-4-2-6-3-5-1/h2H,1H2,(H,4,5);1-6H. The zero-order chi connectivity index (χ0) is 8.53. The molecule has 1 saturated heterocycles. The van der Waals surface area contributed by atoms with Crippen LogP contribution in [-0.4, -0.2) is 11.1 Å². The first kappa shape index (κ1) is 11.4. The maximum absolute atomic E-state index is 9.25. The van der Waals surface area contributed by atoms with Gasteiger partial charge in [0.25, 0.3) is 0 Å². The topological polar surface area (TPSA) is 73.4 Å². The molecule has 0 amide bonds. The Hall–Kier alpha value is 0.380. The number of hydrogen-bond donors (Lipinski definition) is 4. The van der Waals surface area contributed by atoms with Gasteiger partial charge >= 0.3 is 5.97 Å². The highest BCUT2D eigenvalue weighted by Gasteiger charge is 1.89. The molecule has 1 aliphatic rings. The molecule has 4 N–H and O–H groups in total. The van der Waals surface area contributed by atoms with E-state index >= 15 is 0 Å².